The Bertz CT molecular complexity index is 1700. The zero-order valence-corrected chi connectivity index (χ0v) is 23.8. The average Bonchev–Trinajstić information content (AvgIpc) is 3.53. The Labute approximate surface area is 251 Å². The van der Waals surface area contributed by atoms with Gasteiger partial charge in [-0.05, 0) is 68.3 Å². The summed E-state index contributed by atoms with van der Waals surface area (Å²) in [6.45, 7) is 4.48. The third-order valence-electron chi connectivity index (χ3n) is 8.39. The van der Waals surface area contributed by atoms with Gasteiger partial charge in [0.2, 0.25) is 5.91 Å². The average molecular weight is 607 g/mol. The number of benzene rings is 2. The van der Waals surface area contributed by atoms with E-state index in [1.165, 1.54) is 12.1 Å². The van der Waals surface area contributed by atoms with Gasteiger partial charge >= 0.3 is 6.18 Å². The predicted octanol–water partition coefficient (Wildman–Crippen LogP) is 5.56. The minimum atomic E-state index is -4.69. The van der Waals surface area contributed by atoms with Gasteiger partial charge in [-0.25, -0.2) is 4.98 Å². The Morgan fingerprint density at radius 2 is 1.93 bits per heavy atom. The van der Waals surface area contributed by atoms with Gasteiger partial charge in [-0.15, -0.1) is 0 Å². The van der Waals surface area contributed by atoms with Gasteiger partial charge in [-0.2, -0.15) is 13.2 Å². The van der Waals surface area contributed by atoms with Crippen LogP contribution in [0.5, 0.6) is 23.0 Å². The third-order valence-corrected chi connectivity index (χ3v) is 8.39. The molecule has 0 radical (unpaired) electrons. The molecule has 0 saturated carbocycles. The zero-order valence-electron chi connectivity index (χ0n) is 23.8. The number of nitrogens with zero attached hydrogens (tertiary/aromatic N) is 2. The van der Waals surface area contributed by atoms with E-state index in [0.717, 1.165) is 42.4 Å². The van der Waals surface area contributed by atoms with Gasteiger partial charge in [0.15, 0.2) is 6.10 Å². The summed E-state index contributed by atoms with van der Waals surface area (Å²) in [5, 5.41) is 5.48. The summed E-state index contributed by atoms with van der Waals surface area (Å²) >= 11 is 0. The highest BCUT2D eigenvalue weighted by Crippen LogP contribution is 2.53. The van der Waals surface area contributed by atoms with Gasteiger partial charge in [0, 0.05) is 48.0 Å². The van der Waals surface area contributed by atoms with E-state index in [1.54, 1.807) is 30.5 Å². The number of carbonyl (C=O) groups excluding carboxylic acids is 2. The smallest absolute Gasteiger partial charge is 0.419 e. The summed E-state index contributed by atoms with van der Waals surface area (Å²) < 4.78 is 59.9. The fraction of sp³-hybridized carbons (Fsp3) is 0.344. The number of aromatic nitrogens is 1. The number of anilines is 1. The van der Waals surface area contributed by atoms with E-state index in [9.17, 15) is 22.8 Å². The first-order chi connectivity index (χ1) is 21.2. The van der Waals surface area contributed by atoms with E-state index in [2.05, 4.69) is 20.5 Å². The van der Waals surface area contributed by atoms with E-state index < -0.39 is 23.8 Å². The molecule has 2 amide bonds. The van der Waals surface area contributed by atoms with Gasteiger partial charge in [0.25, 0.3) is 5.91 Å². The molecular weight excluding hydrogens is 577 g/mol. The monoisotopic (exact) mass is 606 g/mol. The molecule has 0 spiro atoms. The van der Waals surface area contributed by atoms with Crippen LogP contribution in [0.15, 0.2) is 54.4 Å². The molecule has 1 unspecified atom stereocenters. The van der Waals surface area contributed by atoms with Crippen LogP contribution in [-0.2, 0) is 17.4 Å². The number of nitrogens with one attached hydrogen (secondary N) is 2. The van der Waals surface area contributed by atoms with Crippen LogP contribution < -0.4 is 24.8 Å². The molecule has 1 fully saturated rings. The third kappa shape index (κ3) is 5.34. The molecule has 7 rings (SSSR count). The first-order valence-electron chi connectivity index (χ1n) is 14.6. The molecule has 3 aromatic rings. The molecule has 0 bridgehead atoms. The van der Waals surface area contributed by atoms with Crippen LogP contribution in [0.4, 0.5) is 19.0 Å². The molecule has 4 heterocycles. The van der Waals surface area contributed by atoms with E-state index in [4.69, 9.17) is 14.2 Å². The van der Waals surface area contributed by atoms with Crippen LogP contribution in [0.25, 0.3) is 5.57 Å². The topological polar surface area (TPSA) is 102 Å². The van der Waals surface area contributed by atoms with Gasteiger partial charge in [-0.1, -0.05) is 6.92 Å². The zero-order chi connectivity index (χ0) is 30.6. The molecule has 1 atom stereocenters. The number of hydrogen-bond donors (Lipinski definition) is 2. The number of rotatable bonds is 7. The Balaban J connectivity index is 1.07. The second-order valence-electron chi connectivity index (χ2n) is 11.2. The van der Waals surface area contributed by atoms with Crippen molar-refractivity contribution < 1.29 is 37.0 Å². The second-order valence-corrected chi connectivity index (χ2v) is 11.2. The van der Waals surface area contributed by atoms with E-state index in [0.29, 0.717) is 54.4 Å². The number of pyridine rings is 1. The van der Waals surface area contributed by atoms with Gasteiger partial charge in [0.05, 0.1) is 11.3 Å². The highest BCUT2D eigenvalue weighted by Gasteiger charge is 2.48. The van der Waals surface area contributed by atoms with Crippen LogP contribution in [0.2, 0.25) is 0 Å². The van der Waals surface area contributed by atoms with Gasteiger partial charge in [-0.3, -0.25) is 9.59 Å². The lowest BCUT2D eigenvalue weighted by atomic mass is 10.1. The normalized spacial score (nSPS) is 19.4. The number of alkyl halides is 3. The van der Waals surface area contributed by atoms with Crippen LogP contribution in [-0.4, -0.2) is 53.5 Å². The molecule has 44 heavy (non-hydrogen) atoms. The van der Waals surface area contributed by atoms with Crippen molar-refractivity contribution in [3.05, 3.63) is 76.6 Å². The molecular formula is C32H29F3N4O5. The SMILES string of the molecule is CCN1CCC(Oc2ccc(C(=O)NC3=C4c5cc(Oc6ccnc7c6CCC(=O)N7)ccc5OC34)cc2C(F)(F)F)CC1. The molecule has 1 saturated heterocycles. The number of likely N-dealkylation sites (tertiary alicyclic amines) is 1. The number of carbonyl (C=O) groups is 2. The van der Waals surface area contributed by atoms with Crippen LogP contribution in [0.3, 0.4) is 0 Å². The molecule has 2 aromatic carbocycles. The molecule has 228 valence electrons. The Hall–Kier alpha value is -4.58. The summed E-state index contributed by atoms with van der Waals surface area (Å²) in [5.41, 5.74) is 1.68. The van der Waals surface area contributed by atoms with Crippen LogP contribution in [0.1, 0.15) is 53.2 Å². The van der Waals surface area contributed by atoms with Crippen molar-refractivity contribution in [3.63, 3.8) is 0 Å². The van der Waals surface area contributed by atoms with Crippen molar-refractivity contribution in [2.75, 3.05) is 25.0 Å². The maximum absolute atomic E-state index is 14.0. The van der Waals surface area contributed by atoms with Crippen molar-refractivity contribution in [2.24, 2.45) is 0 Å². The molecule has 2 N–H and O–H groups in total. The first-order valence-corrected chi connectivity index (χ1v) is 14.6. The first kappa shape index (κ1) is 28.2. The highest BCUT2D eigenvalue weighted by atomic mass is 19.4. The highest BCUT2D eigenvalue weighted by molar-refractivity contribution is 6.02. The van der Waals surface area contributed by atoms with Crippen molar-refractivity contribution in [1.82, 2.24) is 15.2 Å². The lowest BCUT2D eigenvalue weighted by Gasteiger charge is -2.31. The summed E-state index contributed by atoms with van der Waals surface area (Å²) in [4.78, 5) is 31.3. The number of halogens is 3. The fourth-order valence-electron chi connectivity index (χ4n) is 5.94. The van der Waals surface area contributed by atoms with Crippen molar-refractivity contribution in [1.29, 1.82) is 0 Å². The van der Waals surface area contributed by atoms with Crippen molar-refractivity contribution in [2.45, 2.75) is 51.0 Å². The van der Waals surface area contributed by atoms with Crippen LogP contribution in [0, 0.1) is 0 Å². The molecule has 9 nitrogen and oxygen atoms in total. The van der Waals surface area contributed by atoms with E-state index in [1.807, 2.05) is 6.92 Å². The minimum absolute atomic E-state index is 0.0972. The summed E-state index contributed by atoms with van der Waals surface area (Å²) in [6, 6.07) is 10.5. The maximum Gasteiger partial charge on any atom is 0.419 e. The Morgan fingerprint density at radius 3 is 2.70 bits per heavy atom. The van der Waals surface area contributed by atoms with Crippen molar-refractivity contribution >= 4 is 23.2 Å². The standard InChI is InChI=1S/C32H29F3N4O5/c1-2-39-13-10-18(11-14-39)42-25-6-3-17(15-22(25)32(33,34)35)31(41)38-28-27-21-16-19(4-7-23(21)44-29(27)28)43-24-9-12-36-30-20(24)5-8-26(40)37-30/h3-4,6-7,9,12,15-16,18,29H,2,5,8,10-11,13-14H2,1H3,(H,38,41)(H,36,37,40). The molecule has 12 heteroatoms. The van der Waals surface area contributed by atoms with Crippen molar-refractivity contribution in [3.8, 4) is 23.0 Å². The summed E-state index contributed by atoms with van der Waals surface area (Å²) in [7, 11) is 0. The van der Waals surface area contributed by atoms with Gasteiger partial charge < -0.3 is 29.7 Å². The van der Waals surface area contributed by atoms with Crippen LogP contribution >= 0.6 is 0 Å². The molecule has 4 aliphatic rings. The Morgan fingerprint density at radius 1 is 1.11 bits per heavy atom. The number of fused-ring (bicyclic) bond motifs is 4. The quantitative estimate of drug-likeness (QED) is 0.363. The van der Waals surface area contributed by atoms with Gasteiger partial charge in [0.1, 0.15) is 34.9 Å². The second kappa shape index (κ2) is 10.8. The molecule has 1 aromatic heterocycles. The molecule has 3 aliphatic heterocycles. The summed E-state index contributed by atoms with van der Waals surface area (Å²) in [5.74, 6) is 1.15. The summed E-state index contributed by atoms with van der Waals surface area (Å²) in [6.07, 6.45) is -1.80. The lowest BCUT2D eigenvalue weighted by Crippen LogP contribution is -2.38. The number of amides is 2. The number of hydrogen-bond acceptors (Lipinski definition) is 7. The van der Waals surface area contributed by atoms with E-state index in [-0.39, 0.29) is 23.3 Å². The largest absolute Gasteiger partial charge is 0.490 e. The minimum Gasteiger partial charge on any atom is -0.490 e. The molecule has 1 aliphatic carbocycles. The number of ether oxygens (including phenoxy) is 3. The lowest BCUT2D eigenvalue weighted by molar-refractivity contribution is -0.139. The maximum atomic E-state index is 14.0. The van der Waals surface area contributed by atoms with E-state index >= 15 is 0 Å². The fourth-order valence-corrected chi connectivity index (χ4v) is 5.94. The Kier molecular flexibility index (Phi) is 6.95. The number of piperidine rings is 1. The predicted molar refractivity (Wildman–Crippen MR) is 154 cm³/mol.